The van der Waals surface area contributed by atoms with E-state index in [2.05, 4.69) is 53.1 Å². The second kappa shape index (κ2) is 12.4. The monoisotopic (exact) mass is 380 g/mol. The number of rotatable bonds is 9. The zero-order valence-electron chi connectivity index (χ0n) is 17.1. The molecule has 0 fully saturated rings. The van der Waals surface area contributed by atoms with E-state index in [1.165, 1.54) is 0 Å². The Hall–Kier alpha value is 0.0406. The summed E-state index contributed by atoms with van der Waals surface area (Å²) in [6.07, 6.45) is 1.50. The molecule has 0 saturated heterocycles. The average molecular weight is 381 g/mol. The third-order valence-electron chi connectivity index (χ3n) is 2.52. The first kappa shape index (κ1) is 25.3. The van der Waals surface area contributed by atoms with Gasteiger partial charge in [-0.1, -0.05) is 27.7 Å². The van der Waals surface area contributed by atoms with Gasteiger partial charge in [0.05, 0.1) is 6.61 Å². The molecule has 0 saturated carbocycles. The lowest BCUT2D eigenvalue weighted by Crippen LogP contribution is -2.34. The molecule has 0 aromatic heterocycles. The molecule has 0 heterocycles. The molecule has 0 bridgehead atoms. The van der Waals surface area contributed by atoms with Crippen LogP contribution in [0.4, 0.5) is 0 Å². The first-order valence-electron chi connectivity index (χ1n) is 8.66. The van der Waals surface area contributed by atoms with Crippen LogP contribution in [0.5, 0.6) is 0 Å². The fraction of sp³-hybridized carbons (Fsp3) is 0.938. The molecule has 0 spiro atoms. The van der Waals surface area contributed by atoms with Crippen LogP contribution in [0.3, 0.4) is 0 Å². The molecule has 0 rings (SSSR count). The van der Waals surface area contributed by atoms with Gasteiger partial charge in [-0.15, -0.1) is 0 Å². The number of carbonyl (C=O) groups excluding carboxylic acids is 1. The zero-order valence-corrected chi connectivity index (χ0v) is 20.5. The van der Waals surface area contributed by atoms with Gasteiger partial charge >= 0.3 is 5.97 Å². The quantitative estimate of drug-likeness (QED) is 0.441. The molecule has 0 unspecified atom stereocenters. The summed E-state index contributed by atoms with van der Waals surface area (Å²) in [4.78, 5) is 11.0. The van der Waals surface area contributed by atoms with Gasteiger partial charge in [-0.25, -0.2) is 0 Å². The largest absolute Gasteiger partial charge is 0.466 e. The smallest absolute Gasteiger partial charge is 0.306 e. The fourth-order valence-electron chi connectivity index (χ4n) is 1.18. The standard InChI is InChI=1S/C10H20O2.C6H20O2Si3/c1-8(2)5-6-12-10(11)7-9(3)4;1-10(2,3)7-9-8-11(4,5)6/h8-9H,5-7H2,1-4H3;9H2,1-6H3. The molecule has 0 N–H and O–H groups in total. The average Bonchev–Trinajstić information content (AvgIpc) is 2.23. The van der Waals surface area contributed by atoms with Crippen LogP contribution in [0.1, 0.15) is 40.5 Å². The lowest BCUT2D eigenvalue weighted by Gasteiger charge is -2.22. The predicted molar refractivity (Wildman–Crippen MR) is 107 cm³/mol. The van der Waals surface area contributed by atoms with Crippen LogP contribution in [0.25, 0.3) is 0 Å². The Morgan fingerprint density at radius 2 is 1.30 bits per heavy atom. The Balaban J connectivity index is 0. The van der Waals surface area contributed by atoms with E-state index in [1.54, 1.807) is 0 Å². The molecule has 0 aliphatic carbocycles. The molecule has 0 aromatic carbocycles. The molecule has 23 heavy (non-hydrogen) atoms. The molecule has 7 heteroatoms. The predicted octanol–water partition coefficient (Wildman–Crippen LogP) is 4.31. The van der Waals surface area contributed by atoms with Crippen LogP contribution in [0.2, 0.25) is 39.3 Å². The topological polar surface area (TPSA) is 44.8 Å². The van der Waals surface area contributed by atoms with Crippen molar-refractivity contribution in [2.75, 3.05) is 6.61 Å². The lowest BCUT2D eigenvalue weighted by molar-refractivity contribution is -0.144. The van der Waals surface area contributed by atoms with Crippen LogP contribution < -0.4 is 0 Å². The highest BCUT2D eigenvalue weighted by molar-refractivity contribution is 6.77. The number of hydrogen-bond acceptors (Lipinski definition) is 4. The lowest BCUT2D eigenvalue weighted by atomic mass is 10.1. The second-order valence-electron chi connectivity index (χ2n) is 8.63. The Kier molecular flexibility index (Phi) is 13.6. The molecule has 4 nitrogen and oxygen atoms in total. The summed E-state index contributed by atoms with van der Waals surface area (Å²) in [5, 5.41) is 0. The van der Waals surface area contributed by atoms with Crippen LogP contribution in [-0.4, -0.2) is 39.2 Å². The zero-order chi connectivity index (χ0) is 18.7. The van der Waals surface area contributed by atoms with Gasteiger partial charge in [-0.05, 0) is 57.5 Å². The highest BCUT2D eigenvalue weighted by Gasteiger charge is 2.18. The first-order valence-corrected chi connectivity index (χ1v) is 16.6. The minimum absolute atomic E-state index is 0.0642. The van der Waals surface area contributed by atoms with Crippen LogP contribution in [0, 0.1) is 11.8 Å². The number of carbonyl (C=O) groups is 1. The van der Waals surface area contributed by atoms with Crippen LogP contribution in [-0.2, 0) is 17.8 Å². The van der Waals surface area contributed by atoms with Crippen molar-refractivity contribution in [3.63, 3.8) is 0 Å². The van der Waals surface area contributed by atoms with Gasteiger partial charge < -0.3 is 13.0 Å². The van der Waals surface area contributed by atoms with Crippen molar-refractivity contribution in [2.45, 2.75) is 79.8 Å². The number of ether oxygens (including phenoxy) is 1. The van der Waals surface area contributed by atoms with Gasteiger partial charge in [-0.3, -0.25) is 4.79 Å². The molecular formula is C16H40O4Si3. The van der Waals surface area contributed by atoms with Crippen molar-refractivity contribution < 1.29 is 17.8 Å². The Labute approximate surface area is 149 Å². The maximum absolute atomic E-state index is 11.0. The molecule has 0 atom stereocenters. The third kappa shape index (κ3) is 27.2. The fourth-order valence-corrected chi connectivity index (χ4v) is 4.78. The first-order chi connectivity index (χ1) is 10.2. The van der Waals surface area contributed by atoms with Gasteiger partial charge in [0.15, 0.2) is 16.6 Å². The molecule has 0 radical (unpaired) electrons. The number of esters is 1. The van der Waals surface area contributed by atoms with E-state index in [-0.39, 0.29) is 5.97 Å². The van der Waals surface area contributed by atoms with Crippen LogP contribution >= 0.6 is 0 Å². The van der Waals surface area contributed by atoms with E-state index in [1.807, 2.05) is 13.8 Å². The summed E-state index contributed by atoms with van der Waals surface area (Å²) in [5.41, 5.74) is 0. The van der Waals surface area contributed by atoms with Crippen molar-refractivity contribution >= 4 is 32.6 Å². The Morgan fingerprint density at radius 3 is 1.61 bits per heavy atom. The van der Waals surface area contributed by atoms with Crippen molar-refractivity contribution in [3.05, 3.63) is 0 Å². The van der Waals surface area contributed by atoms with E-state index in [4.69, 9.17) is 13.0 Å². The van der Waals surface area contributed by atoms with E-state index < -0.39 is 26.6 Å². The summed E-state index contributed by atoms with van der Waals surface area (Å²) in [6.45, 7) is 22.1. The molecule has 0 aromatic rings. The van der Waals surface area contributed by atoms with E-state index in [0.717, 1.165) is 6.42 Å². The summed E-state index contributed by atoms with van der Waals surface area (Å²) >= 11 is 0. The summed E-state index contributed by atoms with van der Waals surface area (Å²) < 4.78 is 16.4. The van der Waals surface area contributed by atoms with Gasteiger partial charge in [0.25, 0.3) is 10.0 Å². The molecule has 0 aliphatic rings. The maximum Gasteiger partial charge on any atom is 0.306 e. The maximum atomic E-state index is 11.0. The van der Waals surface area contributed by atoms with Gasteiger partial charge in [0.2, 0.25) is 0 Å². The highest BCUT2D eigenvalue weighted by atomic mass is 28.4. The van der Waals surface area contributed by atoms with Gasteiger partial charge in [-0.2, -0.15) is 0 Å². The minimum Gasteiger partial charge on any atom is -0.466 e. The molecule has 0 aliphatic heterocycles. The summed E-state index contributed by atoms with van der Waals surface area (Å²) in [5.74, 6) is 0.944. The SMILES string of the molecule is CC(C)CCOC(=O)CC(C)C.C[Si](C)(C)O[SiH2]O[Si](C)(C)C. The number of hydrogen-bond donors (Lipinski definition) is 0. The molecule has 0 amide bonds. The van der Waals surface area contributed by atoms with Gasteiger partial charge in [0, 0.05) is 6.42 Å². The Bertz CT molecular complexity index is 293. The van der Waals surface area contributed by atoms with Crippen molar-refractivity contribution in [1.29, 1.82) is 0 Å². The molecule has 140 valence electrons. The van der Waals surface area contributed by atoms with E-state index in [9.17, 15) is 4.79 Å². The normalized spacial score (nSPS) is 12.2. The minimum atomic E-state index is -1.30. The molecular weight excluding hydrogens is 340 g/mol. The van der Waals surface area contributed by atoms with E-state index >= 15 is 0 Å². The van der Waals surface area contributed by atoms with E-state index in [0.29, 0.717) is 24.9 Å². The third-order valence-corrected chi connectivity index (χ3v) is 10.4. The van der Waals surface area contributed by atoms with Gasteiger partial charge in [0.1, 0.15) is 0 Å². The van der Waals surface area contributed by atoms with Crippen molar-refractivity contribution in [2.24, 2.45) is 11.8 Å². The van der Waals surface area contributed by atoms with Crippen molar-refractivity contribution in [1.82, 2.24) is 0 Å². The summed E-state index contributed by atoms with van der Waals surface area (Å²) in [7, 11) is -3.27. The van der Waals surface area contributed by atoms with Crippen LogP contribution in [0.15, 0.2) is 0 Å². The Morgan fingerprint density at radius 1 is 0.870 bits per heavy atom. The highest BCUT2D eigenvalue weighted by Crippen LogP contribution is 2.05. The summed E-state index contributed by atoms with van der Waals surface area (Å²) in [6, 6.07) is 0. The van der Waals surface area contributed by atoms with Crippen molar-refractivity contribution in [3.8, 4) is 0 Å². The second-order valence-corrected chi connectivity index (χ2v) is 19.6.